The standard InChI is InChI=1S/C12H12ClN5S/c1-4-8-5-9-10(15-12(13)16-11(9)19-8)18-7(3)14-6(2)17-18/h5H,4H2,1-3H3. The lowest BCUT2D eigenvalue weighted by atomic mass is 10.3. The van der Waals surface area contributed by atoms with Gasteiger partial charge < -0.3 is 0 Å². The van der Waals surface area contributed by atoms with E-state index in [1.165, 1.54) is 4.88 Å². The molecule has 0 atom stereocenters. The molecule has 5 nitrogen and oxygen atoms in total. The first-order chi connectivity index (χ1) is 9.08. The summed E-state index contributed by atoms with van der Waals surface area (Å²) in [5.74, 6) is 2.20. The molecular formula is C12H12ClN5S. The molecule has 19 heavy (non-hydrogen) atoms. The van der Waals surface area contributed by atoms with Gasteiger partial charge >= 0.3 is 0 Å². The Labute approximate surface area is 119 Å². The van der Waals surface area contributed by atoms with Gasteiger partial charge in [0.2, 0.25) is 5.28 Å². The second-order valence-electron chi connectivity index (χ2n) is 4.22. The lowest BCUT2D eigenvalue weighted by Crippen LogP contribution is -2.03. The quantitative estimate of drug-likeness (QED) is 0.681. The summed E-state index contributed by atoms with van der Waals surface area (Å²) >= 11 is 7.64. The maximum atomic E-state index is 6.01. The van der Waals surface area contributed by atoms with Crippen LogP contribution in [-0.4, -0.2) is 24.7 Å². The highest BCUT2D eigenvalue weighted by molar-refractivity contribution is 7.18. The third kappa shape index (κ3) is 2.11. The van der Waals surface area contributed by atoms with E-state index in [4.69, 9.17) is 11.6 Å². The first-order valence-corrected chi connectivity index (χ1v) is 7.14. The van der Waals surface area contributed by atoms with Crippen molar-refractivity contribution in [3.63, 3.8) is 0 Å². The molecule has 3 heterocycles. The molecule has 0 saturated heterocycles. The maximum Gasteiger partial charge on any atom is 0.225 e. The van der Waals surface area contributed by atoms with Gasteiger partial charge in [-0.1, -0.05) is 6.92 Å². The minimum atomic E-state index is 0.236. The molecule has 0 spiro atoms. The van der Waals surface area contributed by atoms with Gasteiger partial charge in [-0.2, -0.15) is 9.67 Å². The van der Waals surface area contributed by atoms with Crippen molar-refractivity contribution in [2.75, 3.05) is 0 Å². The summed E-state index contributed by atoms with van der Waals surface area (Å²) in [5.41, 5.74) is 0. The SMILES string of the molecule is CCc1cc2c(-n3nc(C)nc3C)nc(Cl)nc2s1. The summed E-state index contributed by atoms with van der Waals surface area (Å²) in [5, 5.41) is 5.58. The average molecular weight is 294 g/mol. The van der Waals surface area contributed by atoms with Crippen molar-refractivity contribution in [3.05, 3.63) is 27.9 Å². The largest absolute Gasteiger partial charge is 0.225 e. The molecule has 0 fully saturated rings. The number of halogens is 1. The molecule has 0 aliphatic heterocycles. The van der Waals surface area contributed by atoms with Gasteiger partial charge in [0.05, 0.1) is 5.39 Å². The van der Waals surface area contributed by atoms with E-state index in [2.05, 4.69) is 33.0 Å². The number of hydrogen-bond donors (Lipinski definition) is 0. The molecule has 0 N–H and O–H groups in total. The zero-order valence-corrected chi connectivity index (χ0v) is 12.4. The summed E-state index contributed by atoms with van der Waals surface area (Å²) < 4.78 is 1.72. The summed E-state index contributed by atoms with van der Waals surface area (Å²) in [6.45, 7) is 5.87. The van der Waals surface area contributed by atoms with Crippen LogP contribution in [-0.2, 0) is 6.42 Å². The fourth-order valence-electron chi connectivity index (χ4n) is 1.99. The Hall–Kier alpha value is -1.53. The van der Waals surface area contributed by atoms with Crippen LogP contribution in [0.15, 0.2) is 6.07 Å². The van der Waals surface area contributed by atoms with Crippen molar-refractivity contribution in [1.82, 2.24) is 24.7 Å². The van der Waals surface area contributed by atoms with E-state index in [0.29, 0.717) is 11.6 Å². The molecule has 98 valence electrons. The number of rotatable bonds is 2. The number of thiophene rings is 1. The van der Waals surface area contributed by atoms with Crippen LogP contribution in [0.5, 0.6) is 0 Å². The maximum absolute atomic E-state index is 6.01. The molecule has 0 amide bonds. The molecule has 3 aromatic heterocycles. The Balaban J connectivity index is 2.33. The minimum Gasteiger partial charge on any atom is -0.217 e. The summed E-state index contributed by atoms with van der Waals surface area (Å²) in [6.07, 6.45) is 0.966. The van der Waals surface area contributed by atoms with Gasteiger partial charge in [0, 0.05) is 4.88 Å². The predicted octanol–water partition coefficient (Wildman–Crippen LogP) is 3.10. The summed E-state index contributed by atoms with van der Waals surface area (Å²) in [7, 11) is 0. The molecule has 0 radical (unpaired) electrons. The fourth-order valence-corrected chi connectivity index (χ4v) is 3.16. The predicted molar refractivity (Wildman–Crippen MR) is 76.2 cm³/mol. The molecule has 0 bridgehead atoms. The van der Waals surface area contributed by atoms with Crippen molar-refractivity contribution in [2.24, 2.45) is 0 Å². The Morgan fingerprint density at radius 1 is 1.26 bits per heavy atom. The van der Waals surface area contributed by atoms with Gasteiger partial charge in [-0.05, 0) is 37.9 Å². The number of aromatic nitrogens is 5. The van der Waals surface area contributed by atoms with E-state index in [-0.39, 0.29) is 5.28 Å². The first-order valence-electron chi connectivity index (χ1n) is 5.95. The fraction of sp³-hybridized carbons (Fsp3) is 0.333. The van der Waals surface area contributed by atoms with E-state index in [0.717, 1.165) is 22.5 Å². The third-order valence-corrected chi connectivity index (χ3v) is 4.16. The van der Waals surface area contributed by atoms with Gasteiger partial charge in [0.15, 0.2) is 5.82 Å². The van der Waals surface area contributed by atoms with Crippen LogP contribution < -0.4 is 0 Å². The molecule has 0 aromatic carbocycles. The molecule has 3 aromatic rings. The van der Waals surface area contributed by atoms with Crippen LogP contribution in [0.25, 0.3) is 16.0 Å². The van der Waals surface area contributed by atoms with Crippen LogP contribution in [0, 0.1) is 13.8 Å². The monoisotopic (exact) mass is 293 g/mol. The lowest BCUT2D eigenvalue weighted by Gasteiger charge is -2.03. The normalized spacial score (nSPS) is 11.4. The highest BCUT2D eigenvalue weighted by Crippen LogP contribution is 2.29. The van der Waals surface area contributed by atoms with E-state index in [1.807, 2.05) is 13.8 Å². The second kappa shape index (κ2) is 4.54. The average Bonchev–Trinajstić information content (AvgIpc) is 2.91. The van der Waals surface area contributed by atoms with Crippen LogP contribution >= 0.6 is 22.9 Å². The first kappa shape index (κ1) is 12.5. The number of hydrogen-bond acceptors (Lipinski definition) is 5. The van der Waals surface area contributed by atoms with E-state index in [1.54, 1.807) is 16.0 Å². The van der Waals surface area contributed by atoms with Gasteiger partial charge in [0.25, 0.3) is 0 Å². The minimum absolute atomic E-state index is 0.236. The molecule has 0 aliphatic rings. The molecule has 3 rings (SSSR count). The van der Waals surface area contributed by atoms with Crippen molar-refractivity contribution < 1.29 is 0 Å². The van der Waals surface area contributed by atoms with Crippen LogP contribution in [0.3, 0.4) is 0 Å². The zero-order chi connectivity index (χ0) is 13.6. The molecular weight excluding hydrogens is 282 g/mol. The Kier molecular flexibility index (Phi) is 2.99. The zero-order valence-electron chi connectivity index (χ0n) is 10.8. The molecule has 0 saturated carbocycles. The summed E-state index contributed by atoms with van der Waals surface area (Å²) in [6, 6.07) is 2.10. The Morgan fingerprint density at radius 2 is 2.05 bits per heavy atom. The topological polar surface area (TPSA) is 56.5 Å². The second-order valence-corrected chi connectivity index (χ2v) is 5.67. The smallest absolute Gasteiger partial charge is 0.217 e. The van der Waals surface area contributed by atoms with Crippen molar-refractivity contribution in [3.8, 4) is 5.82 Å². The lowest BCUT2D eigenvalue weighted by molar-refractivity contribution is 0.808. The van der Waals surface area contributed by atoms with Crippen LogP contribution in [0.2, 0.25) is 5.28 Å². The van der Waals surface area contributed by atoms with Crippen molar-refractivity contribution >= 4 is 33.2 Å². The Bertz CT molecular complexity index is 761. The highest BCUT2D eigenvalue weighted by atomic mass is 35.5. The summed E-state index contributed by atoms with van der Waals surface area (Å²) in [4.78, 5) is 15.0. The highest BCUT2D eigenvalue weighted by Gasteiger charge is 2.15. The third-order valence-electron chi connectivity index (χ3n) is 2.82. The molecule has 0 aliphatic carbocycles. The van der Waals surface area contributed by atoms with E-state index >= 15 is 0 Å². The van der Waals surface area contributed by atoms with Gasteiger partial charge in [-0.3, -0.25) is 0 Å². The molecule has 0 unspecified atom stereocenters. The van der Waals surface area contributed by atoms with Crippen LogP contribution in [0.4, 0.5) is 0 Å². The van der Waals surface area contributed by atoms with E-state index in [9.17, 15) is 0 Å². The van der Waals surface area contributed by atoms with Crippen LogP contribution in [0.1, 0.15) is 23.4 Å². The van der Waals surface area contributed by atoms with Crippen molar-refractivity contribution in [2.45, 2.75) is 27.2 Å². The number of aryl methyl sites for hydroxylation is 3. The molecule has 7 heteroatoms. The van der Waals surface area contributed by atoms with Crippen molar-refractivity contribution in [1.29, 1.82) is 0 Å². The van der Waals surface area contributed by atoms with E-state index < -0.39 is 0 Å². The number of nitrogens with zero attached hydrogens (tertiary/aromatic N) is 5. The van der Waals surface area contributed by atoms with Gasteiger partial charge in [-0.25, -0.2) is 9.97 Å². The van der Waals surface area contributed by atoms with Gasteiger partial charge in [0.1, 0.15) is 16.5 Å². The Morgan fingerprint density at radius 3 is 2.68 bits per heavy atom. The number of fused-ring (bicyclic) bond motifs is 1. The van der Waals surface area contributed by atoms with Gasteiger partial charge in [-0.15, -0.1) is 16.4 Å².